The van der Waals surface area contributed by atoms with E-state index in [9.17, 15) is 19.1 Å². The number of carbonyl (C=O) groups is 1. The molecule has 0 bridgehead atoms. The molecule has 102 valence electrons. The molecule has 0 fully saturated rings. The average molecular weight is 274 g/mol. The first-order valence-electron chi connectivity index (χ1n) is 5.79. The van der Waals surface area contributed by atoms with E-state index in [1.54, 1.807) is 6.07 Å². The zero-order chi connectivity index (χ0) is 14.7. The van der Waals surface area contributed by atoms with Gasteiger partial charge >= 0.3 is 5.63 Å². The fourth-order valence-electron chi connectivity index (χ4n) is 1.68. The Labute approximate surface area is 113 Å². The molecule has 1 N–H and O–H groups in total. The van der Waals surface area contributed by atoms with Gasteiger partial charge in [-0.25, -0.2) is 9.18 Å². The maximum absolute atomic E-state index is 13.4. The van der Waals surface area contributed by atoms with Crippen molar-refractivity contribution in [2.45, 2.75) is 6.92 Å². The molecular formula is C15H11FO4. The van der Waals surface area contributed by atoms with Crippen LogP contribution in [0.15, 0.2) is 45.6 Å². The van der Waals surface area contributed by atoms with Gasteiger partial charge in [0.15, 0.2) is 5.78 Å². The molecule has 0 spiro atoms. The van der Waals surface area contributed by atoms with Crippen LogP contribution in [0.4, 0.5) is 4.39 Å². The highest BCUT2D eigenvalue weighted by atomic mass is 19.1. The molecule has 0 aliphatic carbocycles. The van der Waals surface area contributed by atoms with Crippen LogP contribution in [-0.4, -0.2) is 10.9 Å². The number of allylic oxidation sites excluding steroid dienone is 1. The molecule has 1 aromatic carbocycles. The summed E-state index contributed by atoms with van der Waals surface area (Å²) in [7, 11) is 0. The Hall–Kier alpha value is -2.69. The summed E-state index contributed by atoms with van der Waals surface area (Å²) in [6.07, 6.45) is 2.25. The van der Waals surface area contributed by atoms with Gasteiger partial charge in [-0.3, -0.25) is 4.79 Å². The Morgan fingerprint density at radius 2 is 2.05 bits per heavy atom. The van der Waals surface area contributed by atoms with Gasteiger partial charge in [-0.1, -0.05) is 18.2 Å². The van der Waals surface area contributed by atoms with Crippen molar-refractivity contribution in [3.05, 3.63) is 69.5 Å². The van der Waals surface area contributed by atoms with Gasteiger partial charge < -0.3 is 9.52 Å². The van der Waals surface area contributed by atoms with Crippen LogP contribution in [0.3, 0.4) is 0 Å². The molecule has 4 nitrogen and oxygen atoms in total. The van der Waals surface area contributed by atoms with E-state index in [2.05, 4.69) is 0 Å². The molecule has 0 radical (unpaired) electrons. The van der Waals surface area contributed by atoms with Crippen LogP contribution >= 0.6 is 0 Å². The molecule has 0 unspecified atom stereocenters. The van der Waals surface area contributed by atoms with Crippen molar-refractivity contribution in [2.24, 2.45) is 0 Å². The standard InChI is InChI=1S/C15H11FO4/c1-9-8-13(18)14(15(19)20-9)12(17)7-6-10-4-2-3-5-11(10)16/h2-8,18H,1H3/b7-6+. The Balaban J connectivity index is 2.35. The van der Waals surface area contributed by atoms with Gasteiger partial charge in [0, 0.05) is 11.6 Å². The van der Waals surface area contributed by atoms with Crippen LogP contribution in [0.25, 0.3) is 6.08 Å². The third kappa shape index (κ3) is 2.83. The molecule has 0 aliphatic heterocycles. The van der Waals surface area contributed by atoms with Crippen LogP contribution < -0.4 is 5.63 Å². The largest absolute Gasteiger partial charge is 0.507 e. The lowest BCUT2D eigenvalue weighted by Gasteiger charge is -2.00. The molecule has 1 aromatic heterocycles. The quantitative estimate of drug-likeness (QED) is 0.690. The summed E-state index contributed by atoms with van der Waals surface area (Å²) in [6, 6.07) is 7.05. The molecule has 0 saturated heterocycles. The van der Waals surface area contributed by atoms with Crippen molar-refractivity contribution in [2.75, 3.05) is 0 Å². The van der Waals surface area contributed by atoms with Crippen LogP contribution in [0.5, 0.6) is 5.75 Å². The van der Waals surface area contributed by atoms with Crippen molar-refractivity contribution in [3.8, 4) is 5.75 Å². The van der Waals surface area contributed by atoms with Gasteiger partial charge in [0.25, 0.3) is 0 Å². The molecule has 5 heteroatoms. The van der Waals surface area contributed by atoms with E-state index < -0.39 is 28.5 Å². The van der Waals surface area contributed by atoms with Crippen LogP contribution in [0.1, 0.15) is 21.7 Å². The first-order valence-corrected chi connectivity index (χ1v) is 5.79. The summed E-state index contributed by atoms with van der Waals surface area (Å²) in [6.45, 7) is 1.48. The molecule has 2 aromatic rings. The Morgan fingerprint density at radius 1 is 1.35 bits per heavy atom. The van der Waals surface area contributed by atoms with E-state index in [1.807, 2.05) is 0 Å². The lowest BCUT2D eigenvalue weighted by atomic mass is 10.1. The van der Waals surface area contributed by atoms with Crippen LogP contribution in [0.2, 0.25) is 0 Å². The molecule has 0 aliphatic rings. The summed E-state index contributed by atoms with van der Waals surface area (Å²) < 4.78 is 18.1. The second-order valence-electron chi connectivity index (χ2n) is 4.12. The predicted octanol–water partition coefficient (Wildman–Crippen LogP) is 2.69. The number of aromatic hydroxyl groups is 1. The number of halogens is 1. The van der Waals surface area contributed by atoms with Gasteiger partial charge in [-0.15, -0.1) is 0 Å². The van der Waals surface area contributed by atoms with E-state index in [0.717, 1.165) is 6.08 Å². The van der Waals surface area contributed by atoms with Crippen LogP contribution in [0, 0.1) is 12.7 Å². The number of carbonyl (C=O) groups excluding carboxylic acids is 1. The van der Waals surface area contributed by atoms with Crippen molar-refractivity contribution in [3.63, 3.8) is 0 Å². The monoisotopic (exact) mass is 274 g/mol. The zero-order valence-electron chi connectivity index (χ0n) is 10.6. The topological polar surface area (TPSA) is 67.5 Å². The minimum absolute atomic E-state index is 0.196. The summed E-state index contributed by atoms with van der Waals surface area (Å²) in [5, 5.41) is 9.61. The molecule has 20 heavy (non-hydrogen) atoms. The van der Waals surface area contributed by atoms with E-state index >= 15 is 0 Å². The Kier molecular flexibility index (Phi) is 3.79. The third-order valence-electron chi connectivity index (χ3n) is 2.62. The highest BCUT2D eigenvalue weighted by Gasteiger charge is 2.15. The molecule has 1 heterocycles. The molecule has 0 amide bonds. The minimum atomic E-state index is -0.925. The van der Waals surface area contributed by atoms with E-state index in [0.29, 0.717) is 0 Å². The fraction of sp³-hybridized carbons (Fsp3) is 0.0667. The molecule has 2 rings (SSSR count). The Morgan fingerprint density at radius 3 is 2.70 bits per heavy atom. The van der Waals surface area contributed by atoms with Crippen molar-refractivity contribution < 1.29 is 18.7 Å². The zero-order valence-corrected chi connectivity index (χ0v) is 10.6. The lowest BCUT2D eigenvalue weighted by molar-refractivity contribution is 0.104. The maximum atomic E-state index is 13.4. The van der Waals surface area contributed by atoms with Gasteiger partial charge in [0.2, 0.25) is 0 Å². The summed E-state index contributed by atoms with van der Waals surface area (Å²) in [5.74, 6) is -1.50. The van der Waals surface area contributed by atoms with Gasteiger partial charge in [-0.05, 0) is 25.1 Å². The van der Waals surface area contributed by atoms with Gasteiger partial charge in [0.05, 0.1) is 0 Å². The normalized spacial score (nSPS) is 10.9. The van der Waals surface area contributed by atoms with E-state index in [1.165, 1.54) is 37.3 Å². The number of benzene rings is 1. The number of hydrogen-bond acceptors (Lipinski definition) is 4. The highest BCUT2D eigenvalue weighted by Crippen LogP contribution is 2.16. The van der Waals surface area contributed by atoms with E-state index in [-0.39, 0.29) is 11.3 Å². The highest BCUT2D eigenvalue weighted by molar-refractivity contribution is 6.08. The lowest BCUT2D eigenvalue weighted by Crippen LogP contribution is -2.12. The van der Waals surface area contributed by atoms with Crippen molar-refractivity contribution >= 4 is 11.9 Å². The smallest absolute Gasteiger partial charge is 0.351 e. The van der Waals surface area contributed by atoms with Crippen LogP contribution in [-0.2, 0) is 0 Å². The summed E-state index contributed by atoms with van der Waals surface area (Å²) in [5.41, 5.74) is -1.19. The summed E-state index contributed by atoms with van der Waals surface area (Å²) >= 11 is 0. The van der Waals surface area contributed by atoms with Gasteiger partial charge in [-0.2, -0.15) is 0 Å². The third-order valence-corrected chi connectivity index (χ3v) is 2.62. The second-order valence-corrected chi connectivity index (χ2v) is 4.12. The number of rotatable bonds is 3. The molecular weight excluding hydrogens is 263 g/mol. The summed E-state index contributed by atoms with van der Waals surface area (Å²) in [4.78, 5) is 23.4. The number of aryl methyl sites for hydroxylation is 1. The minimum Gasteiger partial charge on any atom is -0.507 e. The number of ketones is 1. The SMILES string of the molecule is Cc1cc(O)c(C(=O)/C=C/c2ccccc2F)c(=O)o1. The van der Waals surface area contributed by atoms with Gasteiger partial charge in [0.1, 0.15) is 22.9 Å². The van der Waals surface area contributed by atoms with Crippen molar-refractivity contribution in [1.29, 1.82) is 0 Å². The number of hydrogen-bond donors (Lipinski definition) is 1. The first kappa shape index (κ1) is 13.7. The molecule has 0 saturated carbocycles. The Bertz CT molecular complexity index is 744. The maximum Gasteiger partial charge on any atom is 0.351 e. The van der Waals surface area contributed by atoms with E-state index in [4.69, 9.17) is 4.42 Å². The molecule has 0 atom stereocenters. The second kappa shape index (κ2) is 5.52. The van der Waals surface area contributed by atoms with Crippen molar-refractivity contribution in [1.82, 2.24) is 0 Å². The first-order chi connectivity index (χ1) is 9.49. The average Bonchev–Trinajstić information content (AvgIpc) is 2.36. The predicted molar refractivity (Wildman–Crippen MR) is 71.1 cm³/mol. The fourth-order valence-corrected chi connectivity index (χ4v) is 1.68.